The van der Waals surface area contributed by atoms with Crippen LogP contribution in [0.15, 0.2) is 119 Å². The second kappa shape index (κ2) is 11.4. The second-order valence-electron chi connectivity index (χ2n) is 14.9. The van der Waals surface area contributed by atoms with E-state index in [0.29, 0.717) is 0 Å². The molecule has 1 unspecified atom stereocenters. The quantitative estimate of drug-likeness (QED) is 0.0878. The number of halogens is 1. The Morgan fingerprint density at radius 2 is 1.49 bits per heavy atom. The average molecular weight is 689 g/mol. The van der Waals surface area contributed by atoms with Crippen LogP contribution < -0.4 is 4.48 Å². The molecular formula is C42H41ClN2O3S+. The lowest BCUT2D eigenvalue weighted by molar-refractivity contribution is -0.432. The van der Waals surface area contributed by atoms with Crippen molar-refractivity contribution in [2.24, 2.45) is 0 Å². The monoisotopic (exact) mass is 688 g/mol. The predicted octanol–water partition coefficient (Wildman–Crippen LogP) is 9.43. The second-order valence-corrected chi connectivity index (χ2v) is 16.8. The highest BCUT2D eigenvalue weighted by atomic mass is 35.5. The van der Waals surface area contributed by atoms with Crippen molar-refractivity contribution in [1.29, 1.82) is 0 Å². The number of allylic oxidation sites excluding steroid dienone is 8. The summed E-state index contributed by atoms with van der Waals surface area (Å²) in [5, 5.41) is 5.64. The maximum Gasteiger partial charge on any atom is 0.210 e. The van der Waals surface area contributed by atoms with Crippen LogP contribution >= 0.6 is 11.6 Å². The van der Waals surface area contributed by atoms with Gasteiger partial charge in [0.1, 0.15) is 28.0 Å². The summed E-state index contributed by atoms with van der Waals surface area (Å²) in [5.41, 5.74) is 8.84. The Balaban J connectivity index is 1.17. The van der Waals surface area contributed by atoms with Crippen molar-refractivity contribution in [3.8, 4) is 0 Å². The molecule has 0 aromatic heterocycles. The third kappa shape index (κ3) is 5.18. The van der Waals surface area contributed by atoms with E-state index in [0.717, 1.165) is 74.2 Å². The standard InChI is InChI=1S/C42H41ClN2O3S/c1-41(2)36(44(24-27-49(46,47)48)34-20-16-28-10-5-7-14-32(28)38(34)41)22-18-30-12-9-13-31(40(30)43)19-23-37-42(3,4)39-33-15-8-6-11-29(33)17-21-35(39)45(37)25-26-45/h5-8,10-11,14-23,25H,9,12-13,24,26-27H2,1-4H3/q+1/b22-18+,31-19+,37-23+. The van der Waals surface area contributed by atoms with Gasteiger partial charge in [-0.3, -0.25) is 0 Å². The molecule has 7 heteroatoms. The molecule has 249 valence electrons. The number of nitrogens with zero attached hydrogens (tertiary/aromatic N) is 2. The van der Waals surface area contributed by atoms with E-state index in [1.165, 1.54) is 27.7 Å². The van der Waals surface area contributed by atoms with Crippen LogP contribution in [-0.2, 0) is 20.9 Å². The lowest BCUT2D eigenvalue weighted by Gasteiger charge is -2.22. The molecule has 49 heavy (non-hydrogen) atoms. The number of quaternary nitrogens is 1. The molecule has 0 saturated carbocycles. The summed E-state index contributed by atoms with van der Waals surface area (Å²) in [6.45, 7) is 12.5. The average Bonchev–Trinajstić information content (AvgIpc) is 3.79. The molecule has 1 spiro atoms. The third-order valence-corrected chi connectivity index (χ3v) is 12.4. The largest absolute Gasteiger partial charge is 0.748 e. The first-order valence-electron chi connectivity index (χ1n) is 17.2. The molecular weight excluding hydrogens is 648 g/mol. The van der Waals surface area contributed by atoms with E-state index >= 15 is 0 Å². The summed E-state index contributed by atoms with van der Waals surface area (Å²) in [6.07, 6.45) is 11.5. The first-order chi connectivity index (χ1) is 23.3. The smallest absolute Gasteiger partial charge is 0.210 e. The molecule has 1 fully saturated rings. The summed E-state index contributed by atoms with van der Waals surface area (Å²) in [7, 11) is -4.40. The van der Waals surface area contributed by atoms with Gasteiger partial charge in [0.2, 0.25) is 12.2 Å². The van der Waals surface area contributed by atoms with Crippen molar-refractivity contribution in [1.82, 2.24) is 4.48 Å². The Kier molecular flexibility index (Phi) is 7.51. The fourth-order valence-electron chi connectivity index (χ4n) is 8.87. The summed E-state index contributed by atoms with van der Waals surface area (Å²) in [4.78, 5) is 0. The topological polar surface area (TPSA) is 60.2 Å². The van der Waals surface area contributed by atoms with Gasteiger partial charge in [-0.25, -0.2) is 12.9 Å². The van der Waals surface area contributed by atoms with Crippen LogP contribution in [0.3, 0.4) is 0 Å². The molecule has 0 amide bonds. The zero-order valence-corrected chi connectivity index (χ0v) is 30.0. The summed E-state index contributed by atoms with van der Waals surface area (Å²) >= 11 is 7.21. The van der Waals surface area contributed by atoms with E-state index in [9.17, 15) is 13.0 Å². The molecule has 0 bridgehead atoms. The van der Waals surface area contributed by atoms with E-state index in [1.807, 2.05) is 22.8 Å². The number of benzene rings is 4. The molecule has 1 atom stereocenters. The van der Waals surface area contributed by atoms with Crippen LogP contribution in [0.25, 0.3) is 21.5 Å². The van der Waals surface area contributed by atoms with E-state index in [4.69, 9.17) is 11.6 Å². The minimum atomic E-state index is -4.40. The maximum absolute atomic E-state index is 11.8. The molecule has 1 saturated heterocycles. The van der Waals surface area contributed by atoms with Crippen LogP contribution in [0.4, 0.5) is 11.4 Å². The Morgan fingerprint density at radius 1 is 0.837 bits per heavy atom. The Morgan fingerprint density at radius 3 is 2.16 bits per heavy atom. The van der Waals surface area contributed by atoms with Gasteiger partial charge in [-0.15, -0.1) is 0 Å². The number of hydrogen-bond acceptors (Lipinski definition) is 3. The zero-order chi connectivity index (χ0) is 34.3. The van der Waals surface area contributed by atoms with Crippen LogP contribution in [0, 0.1) is 6.54 Å². The normalized spacial score (nSPS) is 22.3. The Bertz CT molecular complexity index is 2350. The molecule has 3 aliphatic heterocycles. The predicted molar refractivity (Wildman–Crippen MR) is 201 cm³/mol. The fraction of sp³-hybridized carbons (Fsp3) is 0.286. The lowest BCUT2D eigenvalue weighted by Crippen LogP contribution is -2.29. The van der Waals surface area contributed by atoms with E-state index in [-0.39, 0.29) is 12.0 Å². The van der Waals surface area contributed by atoms with Gasteiger partial charge in [0.15, 0.2) is 12.3 Å². The van der Waals surface area contributed by atoms with Gasteiger partial charge in [-0.1, -0.05) is 72.3 Å². The minimum Gasteiger partial charge on any atom is -0.748 e. The highest BCUT2D eigenvalue weighted by Crippen LogP contribution is 2.60. The third-order valence-electron chi connectivity index (χ3n) is 11.2. The molecule has 5 nitrogen and oxygen atoms in total. The molecule has 0 N–H and O–H groups in total. The Labute approximate surface area is 294 Å². The van der Waals surface area contributed by atoms with Gasteiger partial charge < -0.3 is 4.55 Å². The number of rotatable bonds is 6. The van der Waals surface area contributed by atoms with Gasteiger partial charge in [-0.05, 0) is 97.9 Å². The SMILES string of the molecule is CC1(C)C(/C=C/C2=C(Cl)C(=C/C=C3\C(C)(C)c4c(ccc5ccccc45)[N+]34[CH]C4)/CCC2)=[N+](CCS(=O)(=O)[O-])c2ccc3ccccc3c21. The summed E-state index contributed by atoms with van der Waals surface area (Å²) in [6, 6.07) is 25.6. The lowest BCUT2D eigenvalue weighted by atomic mass is 9.78. The molecule has 3 heterocycles. The van der Waals surface area contributed by atoms with Crippen molar-refractivity contribution >= 4 is 60.4 Å². The highest BCUT2D eigenvalue weighted by Gasteiger charge is 2.62. The van der Waals surface area contributed by atoms with E-state index in [2.05, 4.69) is 113 Å². The van der Waals surface area contributed by atoms with Crippen molar-refractivity contribution in [3.05, 3.63) is 137 Å². The van der Waals surface area contributed by atoms with E-state index < -0.39 is 21.3 Å². The van der Waals surface area contributed by atoms with Crippen LogP contribution in [0.5, 0.6) is 0 Å². The fourth-order valence-corrected chi connectivity index (χ4v) is 9.59. The van der Waals surface area contributed by atoms with Crippen molar-refractivity contribution in [2.75, 3.05) is 18.8 Å². The van der Waals surface area contributed by atoms with Crippen LogP contribution in [0.2, 0.25) is 0 Å². The minimum absolute atomic E-state index is 0.0935. The summed E-state index contributed by atoms with van der Waals surface area (Å²) < 4.78 is 38.2. The molecule has 4 aromatic carbocycles. The molecule has 4 aromatic rings. The van der Waals surface area contributed by atoms with E-state index in [1.54, 1.807) is 0 Å². The van der Waals surface area contributed by atoms with Crippen molar-refractivity contribution in [3.63, 3.8) is 0 Å². The van der Waals surface area contributed by atoms with Gasteiger partial charge in [0.25, 0.3) is 0 Å². The summed E-state index contributed by atoms with van der Waals surface area (Å²) in [5.74, 6) is -0.467. The number of hydrogen-bond donors (Lipinski definition) is 0. The Hall–Kier alpha value is -3.81. The van der Waals surface area contributed by atoms with Crippen molar-refractivity contribution < 1.29 is 17.5 Å². The van der Waals surface area contributed by atoms with Gasteiger partial charge >= 0.3 is 0 Å². The first kappa shape index (κ1) is 32.4. The van der Waals surface area contributed by atoms with Gasteiger partial charge in [0.05, 0.1) is 16.6 Å². The maximum atomic E-state index is 11.8. The zero-order valence-electron chi connectivity index (χ0n) is 28.5. The van der Waals surface area contributed by atoms with Crippen molar-refractivity contribution in [2.45, 2.75) is 57.8 Å². The number of fused-ring (bicyclic) bond motifs is 7. The molecule has 1 aliphatic carbocycles. The molecule has 4 aliphatic rings. The molecule has 1 radical (unpaired) electrons. The molecule has 8 rings (SSSR count). The van der Waals surface area contributed by atoms with Crippen LogP contribution in [0.1, 0.15) is 58.1 Å². The first-order valence-corrected chi connectivity index (χ1v) is 19.1. The van der Waals surface area contributed by atoms with Gasteiger partial charge in [0, 0.05) is 34.4 Å². The van der Waals surface area contributed by atoms with Gasteiger partial charge in [-0.2, -0.15) is 4.58 Å². The van der Waals surface area contributed by atoms with Crippen LogP contribution in [-0.4, -0.2) is 42.1 Å². The highest BCUT2D eigenvalue weighted by molar-refractivity contribution is 7.85.